The van der Waals surface area contributed by atoms with E-state index in [2.05, 4.69) is 5.32 Å². The van der Waals surface area contributed by atoms with Gasteiger partial charge in [0.05, 0.1) is 18.2 Å². The third kappa shape index (κ3) is 3.71. The van der Waals surface area contributed by atoms with E-state index in [1.165, 1.54) is 11.0 Å². The van der Waals surface area contributed by atoms with Crippen molar-refractivity contribution < 1.29 is 19.4 Å². The molecule has 1 aromatic rings. The van der Waals surface area contributed by atoms with E-state index in [1.807, 2.05) is 6.92 Å². The molecular formula is C14H20N2O4. The number of carboxylic acids is 1. The number of ether oxygens (including phenoxy) is 1. The van der Waals surface area contributed by atoms with Gasteiger partial charge in [0.2, 0.25) is 0 Å². The summed E-state index contributed by atoms with van der Waals surface area (Å²) in [6, 6.07) is 4.40. The summed E-state index contributed by atoms with van der Waals surface area (Å²) in [5, 5.41) is 11.8. The van der Waals surface area contributed by atoms with Crippen molar-refractivity contribution in [3.05, 3.63) is 29.3 Å². The Labute approximate surface area is 118 Å². The average molecular weight is 280 g/mol. The summed E-state index contributed by atoms with van der Waals surface area (Å²) >= 11 is 0. The zero-order chi connectivity index (χ0) is 15.3. The van der Waals surface area contributed by atoms with Crippen LogP contribution in [0, 0.1) is 6.92 Å². The smallest absolute Gasteiger partial charge is 0.336 e. The van der Waals surface area contributed by atoms with Crippen molar-refractivity contribution in [3.8, 4) is 0 Å². The van der Waals surface area contributed by atoms with E-state index in [1.54, 1.807) is 33.2 Å². The third-order valence-electron chi connectivity index (χ3n) is 3.20. The lowest BCUT2D eigenvalue weighted by molar-refractivity contribution is 0.0696. The van der Waals surface area contributed by atoms with Crippen molar-refractivity contribution in [2.45, 2.75) is 19.9 Å². The van der Waals surface area contributed by atoms with Crippen LogP contribution in [0.25, 0.3) is 0 Å². The Bertz CT molecular complexity index is 502. The predicted molar refractivity (Wildman–Crippen MR) is 76.3 cm³/mol. The molecule has 20 heavy (non-hydrogen) atoms. The number of hydrogen-bond acceptors (Lipinski definition) is 3. The number of carbonyl (C=O) groups is 2. The average Bonchev–Trinajstić information content (AvgIpc) is 2.40. The van der Waals surface area contributed by atoms with Gasteiger partial charge in [0.1, 0.15) is 0 Å². The lowest BCUT2D eigenvalue weighted by Crippen LogP contribution is -2.40. The Hall–Kier alpha value is -2.08. The molecule has 2 N–H and O–H groups in total. The lowest BCUT2D eigenvalue weighted by atomic mass is 10.1. The molecule has 1 rings (SSSR count). The number of methoxy groups -OCH3 is 1. The van der Waals surface area contributed by atoms with Crippen molar-refractivity contribution in [1.29, 1.82) is 0 Å². The van der Waals surface area contributed by atoms with Gasteiger partial charge in [0.15, 0.2) is 0 Å². The van der Waals surface area contributed by atoms with Gasteiger partial charge in [-0.1, -0.05) is 6.07 Å². The summed E-state index contributed by atoms with van der Waals surface area (Å²) in [5.74, 6) is -1.01. The second kappa shape index (κ2) is 6.91. The number of carbonyl (C=O) groups excluding carboxylic acids is 1. The van der Waals surface area contributed by atoms with Crippen molar-refractivity contribution in [2.24, 2.45) is 0 Å². The summed E-state index contributed by atoms with van der Waals surface area (Å²) in [6.07, 6.45) is 0. The fourth-order valence-electron chi connectivity index (χ4n) is 1.76. The lowest BCUT2D eigenvalue weighted by Gasteiger charge is -2.25. The standard InChI is InChI=1S/C14H20N2O4/c1-9(8-20-4)16(3)14(19)15-12-7-5-6-11(10(12)2)13(17)18/h5-7,9H,8H2,1-4H3,(H,15,19)(H,17,18). The Balaban J connectivity index is 2.86. The molecule has 1 atom stereocenters. The topological polar surface area (TPSA) is 78.9 Å². The zero-order valence-corrected chi connectivity index (χ0v) is 12.1. The van der Waals surface area contributed by atoms with Crippen LogP contribution in [0.3, 0.4) is 0 Å². The molecule has 0 saturated carbocycles. The predicted octanol–water partition coefficient (Wildman–Crippen LogP) is 2.19. The molecule has 6 heteroatoms. The van der Waals surface area contributed by atoms with E-state index in [9.17, 15) is 9.59 Å². The highest BCUT2D eigenvalue weighted by Gasteiger charge is 2.17. The molecule has 0 aliphatic rings. The van der Waals surface area contributed by atoms with Gasteiger partial charge in [-0.25, -0.2) is 9.59 Å². The van der Waals surface area contributed by atoms with Gasteiger partial charge in [0, 0.05) is 19.8 Å². The number of carboxylic acid groups (broad SMARTS) is 1. The van der Waals surface area contributed by atoms with Gasteiger partial charge in [0.25, 0.3) is 0 Å². The van der Waals surface area contributed by atoms with Crippen LogP contribution < -0.4 is 5.32 Å². The number of benzene rings is 1. The zero-order valence-electron chi connectivity index (χ0n) is 12.1. The number of nitrogens with one attached hydrogen (secondary N) is 1. The maximum atomic E-state index is 12.1. The highest BCUT2D eigenvalue weighted by atomic mass is 16.5. The van der Waals surface area contributed by atoms with Crippen LogP contribution >= 0.6 is 0 Å². The van der Waals surface area contributed by atoms with Crippen LogP contribution in [-0.4, -0.2) is 48.8 Å². The molecule has 1 unspecified atom stereocenters. The number of urea groups is 1. The highest BCUT2D eigenvalue weighted by molar-refractivity contribution is 5.95. The van der Waals surface area contributed by atoms with Crippen LogP contribution in [0.4, 0.5) is 10.5 Å². The normalized spacial score (nSPS) is 11.8. The van der Waals surface area contributed by atoms with Gasteiger partial charge in [-0.2, -0.15) is 0 Å². The van der Waals surface area contributed by atoms with Crippen LogP contribution in [0.5, 0.6) is 0 Å². The first-order chi connectivity index (χ1) is 9.38. The van der Waals surface area contributed by atoms with Gasteiger partial charge < -0.3 is 20.1 Å². The molecule has 0 aromatic heterocycles. The summed E-state index contributed by atoms with van der Waals surface area (Å²) < 4.78 is 5.00. The van der Waals surface area contributed by atoms with E-state index < -0.39 is 5.97 Å². The SMILES string of the molecule is COCC(C)N(C)C(=O)Nc1cccc(C(=O)O)c1C. The maximum absolute atomic E-state index is 12.1. The quantitative estimate of drug-likeness (QED) is 0.866. The molecule has 0 spiro atoms. The highest BCUT2D eigenvalue weighted by Crippen LogP contribution is 2.19. The van der Waals surface area contributed by atoms with Crippen molar-refractivity contribution >= 4 is 17.7 Å². The maximum Gasteiger partial charge on any atom is 0.336 e. The summed E-state index contributed by atoms with van der Waals surface area (Å²) in [6.45, 7) is 3.96. The second-order valence-corrected chi connectivity index (χ2v) is 4.63. The van der Waals surface area contributed by atoms with Crippen LogP contribution in [0.15, 0.2) is 18.2 Å². The first-order valence-electron chi connectivity index (χ1n) is 6.24. The summed E-state index contributed by atoms with van der Waals surface area (Å²) in [5.41, 5.74) is 1.20. The summed E-state index contributed by atoms with van der Waals surface area (Å²) in [4.78, 5) is 24.6. The fraction of sp³-hybridized carbons (Fsp3) is 0.429. The Kier molecular flexibility index (Phi) is 5.52. The Morgan fingerprint density at radius 3 is 2.65 bits per heavy atom. The van der Waals surface area contributed by atoms with E-state index in [-0.39, 0.29) is 17.6 Å². The van der Waals surface area contributed by atoms with E-state index >= 15 is 0 Å². The number of anilines is 1. The monoisotopic (exact) mass is 280 g/mol. The minimum Gasteiger partial charge on any atom is -0.478 e. The largest absolute Gasteiger partial charge is 0.478 e. The molecule has 0 aliphatic carbocycles. The van der Waals surface area contributed by atoms with Crippen LogP contribution in [0.1, 0.15) is 22.8 Å². The molecular weight excluding hydrogens is 260 g/mol. The van der Waals surface area contributed by atoms with Crippen molar-refractivity contribution in [3.63, 3.8) is 0 Å². The molecule has 0 radical (unpaired) electrons. The summed E-state index contributed by atoms with van der Waals surface area (Å²) in [7, 11) is 3.23. The molecule has 2 amide bonds. The number of likely N-dealkylation sites (N-methyl/N-ethyl adjacent to an activating group) is 1. The minimum absolute atomic E-state index is 0.0806. The molecule has 6 nitrogen and oxygen atoms in total. The van der Waals surface area contributed by atoms with Crippen LogP contribution in [0.2, 0.25) is 0 Å². The first kappa shape index (κ1) is 16.0. The number of nitrogens with zero attached hydrogens (tertiary/aromatic N) is 1. The number of aromatic carboxylic acids is 1. The molecule has 1 aromatic carbocycles. The van der Waals surface area contributed by atoms with Gasteiger partial charge in [-0.3, -0.25) is 0 Å². The Morgan fingerprint density at radius 1 is 1.45 bits per heavy atom. The Morgan fingerprint density at radius 2 is 2.10 bits per heavy atom. The molecule has 0 bridgehead atoms. The fourth-order valence-corrected chi connectivity index (χ4v) is 1.76. The van der Waals surface area contributed by atoms with Crippen molar-refractivity contribution in [2.75, 3.05) is 26.1 Å². The molecule has 0 saturated heterocycles. The molecule has 0 heterocycles. The minimum atomic E-state index is -1.01. The number of hydrogen-bond donors (Lipinski definition) is 2. The second-order valence-electron chi connectivity index (χ2n) is 4.63. The molecule has 0 fully saturated rings. The van der Waals surface area contributed by atoms with Gasteiger partial charge in [-0.15, -0.1) is 0 Å². The first-order valence-corrected chi connectivity index (χ1v) is 6.24. The third-order valence-corrected chi connectivity index (χ3v) is 3.20. The number of amides is 2. The van der Waals surface area contributed by atoms with Gasteiger partial charge in [-0.05, 0) is 31.5 Å². The van der Waals surface area contributed by atoms with E-state index in [0.717, 1.165) is 0 Å². The van der Waals surface area contributed by atoms with Gasteiger partial charge >= 0.3 is 12.0 Å². The van der Waals surface area contributed by atoms with Crippen molar-refractivity contribution in [1.82, 2.24) is 4.90 Å². The van der Waals surface area contributed by atoms with E-state index in [0.29, 0.717) is 17.9 Å². The number of rotatable bonds is 5. The molecule has 0 aliphatic heterocycles. The molecule has 110 valence electrons. The van der Waals surface area contributed by atoms with E-state index in [4.69, 9.17) is 9.84 Å². The van der Waals surface area contributed by atoms with Crippen LogP contribution in [-0.2, 0) is 4.74 Å².